The standard InChI is InChI=1S/C13H17O6/c14-7-9-10(15)11(16)12(17)13(18,19-9)6-8-4-2-1-3-5-8/h1-5,9-12,14-17H,6-7H2/t9-,10-,11+,12-,13?/m1/s1. The average Bonchev–Trinajstić information content (AvgIpc) is 2.42. The van der Waals surface area contributed by atoms with Gasteiger partial charge in [0.25, 0.3) is 0 Å². The summed E-state index contributed by atoms with van der Waals surface area (Å²) in [4.78, 5) is 0. The Bertz CT molecular complexity index is 409. The molecule has 1 heterocycles. The molecule has 1 saturated heterocycles. The zero-order chi connectivity index (χ0) is 14.0. The Morgan fingerprint density at radius 1 is 1.11 bits per heavy atom. The molecule has 1 aliphatic heterocycles. The number of benzene rings is 1. The predicted molar refractivity (Wildman–Crippen MR) is 63.5 cm³/mol. The van der Waals surface area contributed by atoms with E-state index < -0.39 is 36.8 Å². The number of aliphatic hydroxyl groups excluding tert-OH is 4. The van der Waals surface area contributed by atoms with Gasteiger partial charge in [0.2, 0.25) is 5.79 Å². The van der Waals surface area contributed by atoms with Crippen molar-refractivity contribution in [1.82, 2.24) is 0 Å². The van der Waals surface area contributed by atoms with Crippen LogP contribution in [0.4, 0.5) is 0 Å². The lowest BCUT2D eigenvalue weighted by molar-refractivity contribution is -0.368. The lowest BCUT2D eigenvalue weighted by Gasteiger charge is -2.44. The molecule has 6 nitrogen and oxygen atoms in total. The number of ether oxygens (including phenoxy) is 1. The molecule has 1 fully saturated rings. The summed E-state index contributed by atoms with van der Waals surface area (Å²) >= 11 is 0. The van der Waals surface area contributed by atoms with Gasteiger partial charge in [0.15, 0.2) is 0 Å². The summed E-state index contributed by atoms with van der Waals surface area (Å²) in [6, 6.07) is 8.65. The van der Waals surface area contributed by atoms with Crippen LogP contribution >= 0.6 is 0 Å². The first-order valence-electron chi connectivity index (χ1n) is 6.05. The molecule has 4 N–H and O–H groups in total. The van der Waals surface area contributed by atoms with Gasteiger partial charge in [-0.1, -0.05) is 30.3 Å². The van der Waals surface area contributed by atoms with Crippen molar-refractivity contribution in [3.63, 3.8) is 0 Å². The first-order chi connectivity index (χ1) is 8.98. The summed E-state index contributed by atoms with van der Waals surface area (Å²) in [7, 11) is 0. The summed E-state index contributed by atoms with van der Waals surface area (Å²) in [6.45, 7) is -0.607. The largest absolute Gasteiger partial charge is 0.394 e. The van der Waals surface area contributed by atoms with Crippen molar-refractivity contribution >= 4 is 0 Å². The third kappa shape index (κ3) is 2.79. The monoisotopic (exact) mass is 269 g/mol. The topological polar surface area (TPSA) is 110 Å². The Hall–Kier alpha value is -1.02. The zero-order valence-corrected chi connectivity index (χ0v) is 10.2. The fourth-order valence-electron chi connectivity index (χ4n) is 2.23. The van der Waals surface area contributed by atoms with E-state index in [4.69, 9.17) is 9.84 Å². The van der Waals surface area contributed by atoms with Gasteiger partial charge in [-0.2, -0.15) is 5.11 Å². The molecule has 105 valence electrons. The normalized spacial score (nSPS) is 39.2. The number of hydrogen-bond donors (Lipinski definition) is 4. The molecular weight excluding hydrogens is 252 g/mol. The highest BCUT2D eigenvalue weighted by Gasteiger charge is 2.53. The molecule has 0 bridgehead atoms. The van der Waals surface area contributed by atoms with Crippen LogP contribution in [-0.2, 0) is 16.3 Å². The van der Waals surface area contributed by atoms with Gasteiger partial charge in [-0.15, -0.1) is 0 Å². The van der Waals surface area contributed by atoms with Gasteiger partial charge in [0.05, 0.1) is 6.61 Å². The molecule has 1 aromatic carbocycles. The Balaban J connectivity index is 2.21. The second kappa shape index (κ2) is 5.54. The number of aliphatic hydroxyl groups is 4. The van der Waals surface area contributed by atoms with E-state index in [-0.39, 0.29) is 6.42 Å². The van der Waals surface area contributed by atoms with E-state index in [1.165, 1.54) is 0 Å². The summed E-state index contributed by atoms with van der Waals surface area (Å²) in [6.07, 6.45) is -6.29. The van der Waals surface area contributed by atoms with E-state index in [0.717, 1.165) is 0 Å². The molecule has 2 rings (SSSR count). The second-order valence-electron chi connectivity index (χ2n) is 4.74. The van der Waals surface area contributed by atoms with Crippen LogP contribution in [0.3, 0.4) is 0 Å². The molecule has 0 aliphatic carbocycles. The lowest BCUT2D eigenvalue weighted by Crippen LogP contribution is -2.65. The summed E-state index contributed by atoms with van der Waals surface area (Å²) in [5.41, 5.74) is 0.636. The molecule has 5 atom stereocenters. The van der Waals surface area contributed by atoms with E-state index in [1.807, 2.05) is 0 Å². The van der Waals surface area contributed by atoms with E-state index in [1.54, 1.807) is 30.3 Å². The van der Waals surface area contributed by atoms with Gasteiger partial charge < -0.3 is 25.2 Å². The molecule has 1 radical (unpaired) electrons. The Labute approximate surface area is 110 Å². The smallest absolute Gasteiger partial charge is 0.235 e. The molecule has 1 aliphatic rings. The summed E-state index contributed by atoms with van der Waals surface area (Å²) < 4.78 is 5.06. The molecular formula is C13H17O6. The predicted octanol–water partition coefficient (Wildman–Crippen LogP) is -1.17. The van der Waals surface area contributed by atoms with Crippen molar-refractivity contribution in [2.75, 3.05) is 6.61 Å². The maximum absolute atomic E-state index is 12.5. The van der Waals surface area contributed by atoms with Crippen molar-refractivity contribution < 1.29 is 30.3 Å². The van der Waals surface area contributed by atoms with E-state index in [0.29, 0.717) is 5.56 Å². The highest BCUT2D eigenvalue weighted by molar-refractivity contribution is 5.17. The Morgan fingerprint density at radius 3 is 2.32 bits per heavy atom. The molecule has 1 unspecified atom stereocenters. The molecule has 0 saturated carbocycles. The minimum Gasteiger partial charge on any atom is -0.394 e. The molecule has 0 aromatic heterocycles. The maximum atomic E-state index is 12.5. The van der Waals surface area contributed by atoms with Crippen LogP contribution in [0.2, 0.25) is 0 Å². The Kier molecular flexibility index (Phi) is 4.19. The summed E-state index contributed by atoms with van der Waals surface area (Å²) in [5.74, 6) is -2.30. The number of rotatable bonds is 3. The lowest BCUT2D eigenvalue weighted by atomic mass is 9.89. The van der Waals surface area contributed by atoms with Crippen LogP contribution in [0.5, 0.6) is 0 Å². The Morgan fingerprint density at radius 2 is 1.74 bits per heavy atom. The van der Waals surface area contributed by atoms with E-state index in [9.17, 15) is 20.4 Å². The zero-order valence-electron chi connectivity index (χ0n) is 10.2. The quantitative estimate of drug-likeness (QED) is 0.552. The van der Waals surface area contributed by atoms with Gasteiger partial charge in [0, 0.05) is 6.42 Å². The maximum Gasteiger partial charge on any atom is 0.235 e. The van der Waals surface area contributed by atoms with Gasteiger partial charge in [-0.3, -0.25) is 0 Å². The molecule has 0 spiro atoms. The van der Waals surface area contributed by atoms with Crippen LogP contribution in [0.25, 0.3) is 0 Å². The van der Waals surface area contributed by atoms with Crippen LogP contribution in [0.15, 0.2) is 30.3 Å². The van der Waals surface area contributed by atoms with Gasteiger partial charge in [-0.25, -0.2) is 0 Å². The molecule has 1 aromatic rings. The van der Waals surface area contributed by atoms with Crippen LogP contribution < -0.4 is 0 Å². The van der Waals surface area contributed by atoms with Gasteiger partial charge >= 0.3 is 0 Å². The van der Waals surface area contributed by atoms with Crippen molar-refractivity contribution in [3.8, 4) is 0 Å². The molecule has 6 heteroatoms. The van der Waals surface area contributed by atoms with Crippen LogP contribution in [-0.4, -0.2) is 57.2 Å². The van der Waals surface area contributed by atoms with Gasteiger partial charge in [0.1, 0.15) is 24.4 Å². The fourth-order valence-corrected chi connectivity index (χ4v) is 2.23. The van der Waals surface area contributed by atoms with E-state index >= 15 is 0 Å². The van der Waals surface area contributed by atoms with Crippen molar-refractivity contribution in [2.24, 2.45) is 0 Å². The highest BCUT2D eigenvalue weighted by Crippen LogP contribution is 2.31. The third-order valence-corrected chi connectivity index (χ3v) is 3.33. The first-order valence-corrected chi connectivity index (χ1v) is 6.05. The van der Waals surface area contributed by atoms with E-state index in [2.05, 4.69) is 0 Å². The van der Waals surface area contributed by atoms with Crippen LogP contribution in [0.1, 0.15) is 5.56 Å². The third-order valence-electron chi connectivity index (χ3n) is 3.33. The van der Waals surface area contributed by atoms with Crippen LogP contribution in [0, 0.1) is 0 Å². The fraction of sp³-hybridized carbons (Fsp3) is 0.538. The second-order valence-corrected chi connectivity index (χ2v) is 4.74. The minimum atomic E-state index is -2.30. The van der Waals surface area contributed by atoms with Crippen molar-refractivity contribution in [1.29, 1.82) is 0 Å². The highest BCUT2D eigenvalue weighted by atomic mass is 16.7. The SMILES string of the molecule is [O]C1(Cc2ccccc2)O[C@H](CO)[C@@H](O)[C@H](O)[C@H]1O. The molecule has 0 amide bonds. The minimum absolute atomic E-state index is 0.171. The first kappa shape index (κ1) is 14.4. The van der Waals surface area contributed by atoms with Gasteiger partial charge in [-0.05, 0) is 5.56 Å². The number of hydrogen-bond acceptors (Lipinski definition) is 5. The molecule has 19 heavy (non-hydrogen) atoms. The van der Waals surface area contributed by atoms with Crippen molar-refractivity contribution in [3.05, 3.63) is 35.9 Å². The summed E-state index contributed by atoms with van der Waals surface area (Å²) in [5, 5.41) is 50.6. The average molecular weight is 269 g/mol. The van der Waals surface area contributed by atoms with Crippen molar-refractivity contribution in [2.45, 2.75) is 36.6 Å².